The topological polar surface area (TPSA) is 78.0 Å². The standard InChI is InChI=1S/C24H25F3N6O/c1-4-17-14-33(22-21-20(31(3)23(34)30-22)11-8-16(12-28)29-21)18(5-2)13-32(17)19-9-6-15(7-10-19)24(25,26)27/h6-11,17-18H,4-5,13-14H2,1-3H3/t17-,18?/m1/s1. The third-order valence-electron chi connectivity index (χ3n) is 6.49. The number of benzene rings is 1. The molecular formula is C24H25F3N6O. The average molecular weight is 470 g/mol. The number of alkyl halides is 3. The molecule has 0 aliphatic carbocycles. The molecule has 0 saturated carbocycles. The number of anilines is 2. The van der Waals surface area contributed by atoms with E-state index in [0.29, 0.717) is 29.9 Å². The van der Waals surface area contributed by atoms with Crippen LogP contribution in [0.3, 0.4) is 0 Å². The largest absolute Gasteiger partial charge is 0.416 e. The zero-order chi connectivity index (χ0) is 24.6. The second kappa shape index (κ2) is 8.97. The van der Waals surface area contributed by atoms with E-state index in [1.54, 1.807) is 19.2 Å². The van der Waals surface area contributed by atoms with E-state index in [0.717, 1.165) is 30.7 Å². The van der Waals surface area contributed by atoms with Crippen LogP contribution in [0.4, 0.5) is 24.7 Å². The number of pyridine rings is 1. The van der Waals surface area contributed by atoms with E-state index in [2.05, 4.69) is 19.8 Å². The summed E-state index contributed by atoms with van der Waals surface area (Å²) in [5.74, 6) is 0.438. The third-order valence-corrected chi connectivity index (χ3v) is 6.49. The smallest absolute Gasteiger partial charge is 0.365 e. The van der Waals surface area contributed by atoms with Gasteiger partial charge in [0.05, 0.1) is 11.1 Å². The second-order valence-corrected chi connectivity index (χ2v) is 8.43. The molecule has 7 nitrogen and oxygen atoms in total. The van der Waals surface area contributed by atoms with Crippen molar-refractivity contribution in [1.29, 1.82) is 5.26 Å². The molecule has 0 amide bonds. The first-order valence-electron chi connectivity index (χ1n) is 11.2. The monoisotopic (exact) mass is 470 g/mol. The van der Waals surface area contributed by atoms with Crippen molar-refractivity contribution in [1.82, 2.24) is 14.5 Å². The SMILES string of the molecule is CCC1CN(c2ccc(C(F)(F)F)cc2)[C@H](CC)CN1c1nc(=O)n(C)c2ccc(C#N)nc12. The number of rotatable bonds is 4. The van der Waals surface area contributed by atoms with Gasteiger partial charge < -0.3 is 9.80 Å². The maximum atomic E-state index is 13.0. The fraction of sp³-hybridized carbons (Fsp3) is 0.417. The van der Waals surface area contributed by atoms with Gasteiger partial charge in [-0.05, 0) is 49.2 Å². The predicted octanol–water partition coefficient (Wildman–Crippen LogP) is 4.10. The van der Waals surface area contributed by atoms with Crippen molar-refractivity contribution in [2.45, 2.75) is 44.9 Å². The Morgan fingerprint density at radius 3 is 2.21 bits per heavy atom. The van der Waals surface area contributed by atoms with Crippen LogP contribution in [-0.2, 0) is 13.2 Å². The van der Waals surface area contributed by atoms with Gasteiger partial charge in [-0.1, -0.05) is 13.8 Å². The molecule has 0 spiro atoms. The normalized spacial score (nSPS) is 18.9. The minimum atomic E-state index is -4.38. The Hall–Kier alpha value is -3.61. The number of nitriles is 1. The molecule has 2 atom stereocenters. The van der Waals surface area contributed by atoms with Gasteiger partial charge in [0, 0.05) is 37.9 Å². The van der Waals surface area contributed by atoms with Gasteiger partial charge in [-0.25, -0.2) is 9.78 Å². The van der Waals surface area contributed by atoms with Crippen molar-refractivity contribution in [3.8, 4) is 6.07 Å². The van der Waals surface area contributed by atoms with E-state index in [9.17, 15) is 23.2 Å². The summed E-state index contributed by atoms with van der Waals surface area (Å²) in [5.41, 5.74) is 0.939. The number of aryl methyl sites for hydroxylation is 1. The lowest BCUT2D eigenvalue weighted by Gasteiger charge is -2.48. The Kier molecular flexibility index (Phi) is 6.21. The molecule has 1 aliphatic heterocycles. The molecule has 0 bridgehead atoms. The van der Waals surface area contributed by atoms with Gasteiger partial charge in [-0.15, -0.1) is 0 Å². The van der Waals surface area contributed by atoms with Crippen molar-refractivity contribution < 1.29 is 13.2 Å². The molecule has 178 valence electrons. The van der Waals surface area contributed by atoms with Gasteiger partial charge in [0.15, 0.2) is 5.82 Å². The van der Waals surface area contributed by atoms with E-state index in [1.807, 2.05) is 19.9 Å². The van der Waals surface area contributed by atoms with Crippen LogP contribution in [0, 0.1) is 11.3 Å². The van der Waals surface area contributed by atoms with E-state index in [-0.39, 0.29) is 17.8 Å². The molecule has 3 aromatic rings. The van der Waals surface area contributed by atoms with Crippen LogP contribution in [-0.4, -0.2) is 39.7 Å². The molecule has 3 heterocycles. The lowest BCUT2D eigenvalue weighted by Crippen LogP contribution is -2.59. The number of hydrogen-bond donors (Lipinski definition) is 0. The van der Waals surface area contributed by atoms with Gasteiger partial charge in [0.1, 0.15) is 17.3 Å². The summed E-state index contributed by atoms with van der Waals surface area (Å²) in [4.78, 5) is 25.6. The molecule has 1 unspecified atom stereocenters. The zero-order valence-electron chi connectivity index (χ0n) is 19.2. The molecular weight excluding hydrogens is 445 g/mol. The van der Waals surface area contributed by atoms with Gasteiger partial charge in [0.25, 0.3) is 0 Å². The Labute approximate surface area is 195 Å². The van der Waals surface area contributed by atoms with Crippen LogP contribution in [0.2, 0.25) is 0 Å². The Balaban J connectivity index is 1.75. The Morgan fingerprint density at radius 1 is 1.00 bits per heavy atom. The maximum Gasteiger partial charge on any atom is 0.416 e. The maximum absolute atomic E-state index is 13.0. The molecule has 1 fully saturated rings. The predicted molar refractivity (Wildman–Crippen MR) is 124 cm³/mol. The molecule has 1 saturated heterocycles. The molecule has 0 N–H and O–H groups in total. The first-order valence-corrected chi connectivity index (χ1v) is 11.2. The number of nitrogens with zero attached hydrogens (tertiary/aromatic N) is 6. The van der Waals surface area contributed by atoms with Crippen molar-refractivity contribution in [2.24, 2.45) is 7.05 Å². The lowest BCUT2D eigenvalue weighted by molar-refractivity contribution is -0.137. The summed E-state index contributed by atoms with van der Waals surface area (Å²) < 4.78 is 40.5. The lowest BCUT2D eigenvalue weighted by atomic mass is 10.0. The van der Waals surface area contributed by atoms with E-state index in [1.165, 1.54) is 16.7 Å². The fourth-order valence-electron chi connectivity index (χ4n) is 4.54. The van der Waals surface area contributed by atoms with Crippen LogP contribution in [0.5, 0.6) is 0 Å². The number of halogens is 3. The van der Waals surface area contributed by atoms with Crippen LogP contribution in [0.25, 0.3) is 11.0 Å². The van der Waals surface area contributed by atoms with Crippen LogP contribution >= 0.6 is 0 Å². The van der Waals surface area contributed by atoms with Gasteiger partial charge in [-0.2, -0.15) is 23.4 Å². The van der Waals surface area contributed by atoms with Crippen molar-refractivity contribution in [3.63, 3.8) is 0 Å². The van der Waals surface area contributed by atoms with Gasteiger partial charge in [0.2, 0.25) is 0 Å². The van der Waals surface area contributed by atoms with E-state index < -0.39 is 17.4 Å². The van der Waals surface area contributed by atoms with Gasteiger partial charge >= 0.3 is 11.9 Å². The summed E-state index contributed by atoms with van der Waals surface area (Å²) in [5, 5.41) is 9.34. The molecule has 2 aromatic heterocycles. The number of piperazine rings is 1. The highest BCUT2D eigenvalue weighted by atomic mass is 19.4. The minimum Gasteiger partial charge on any atom is -0.365 e. The summed E-state index contributed by atoms with van der Waals surface area (Å²) in [6.07, 6.45) is -2.91. The molecule has 1 aliphatic rings. The molecule has 0 radical (unpaired) electrons. The van der Waals surface area contributed by atoms with Crippen LogP contribution in [0.1, 0.15) is 37.9 Å². The van der Waals surface area contributed by atoms with Crippen LogP contribution < -0.4 is 15.5 Å². The summed E-state index contributed by atoms with van der Waals surface area (Å²) in [6.45, 7) is 5.11. The van der Waals surface area contributed by atoms with Crippen LogP contribution in [0.15, 0.2) is 41.2 Å². The first-order chi connectivity index (χ1) is 16.2. The molecule has 4 rings (SSSR count). The zero-order valence-corrected chi connectivity index (χ0v) is 19.2. The highest BCUT2D eigenvalue weighted by Crippen LogP contribution is 2.34. The van der Waals surface area contributed by atoms with E-state index in [4.69, 9.17) is 0 Å². The number of hydrogen-bond acceptors (Lipinski definition) is 6. The third kappa shape index (κ3) is 4.18. The molecule has 34 heavy (non-hydrogen) atoms. The summed E-state index contributed by atoms with van der Waals surface area (Å²) in [6, 6.07) is 10.5. The fourth-order valence-corrected chi connectivity index (χ4v) is 4.54. The second-order valence-electron chi connectivity index (χ2n) is 8.43. The van der Waals surface area contributed by atoms with E-state index >= 15 is 0 Å². The summed E-state index contributed by atoms with van der Waals surface area (Å²) >= 11 is 0. The Morgan fingerprint density at radius 2 is 1.62 bits per heavy atom. The average Bonchev–Trinajstić information content (AvgIpc) is 2.84. The highest BCUT2D eigenvalue weighted by Gasteiger charge is 2.35. The quantitative estimate of drug-likeness (QED) is 0.571. The number of fused-ring (bicyclic) bond motifs is 1. The van der Waals surface area contributed by atoms with Crippen molar-refractivity contribution >= 4 is 22.5 Å². The number of aromatic nitrogens is 3. The minimum absolute atomic E-state index is 0.0143. The molecule has 1 aromatic carbocycles. The van der Waals surface area contributed by atoms with Crippen molar-refractivity contribution in [3.05, 3.63) is 58.1 Å². The molecule has 10 heteroatoms. The van der Waals surface area contributed by atoms with Gasteiger partial charge in [-0.3, -0.25) is 4.57 Å². The van der Waals surface area contributed by atoms with Crippen molar-refractivity contribution in [2.75, 3.05) is 22.9 Å². The first kappa shape index (κ1) is 23.5. The summed E-state index contributed by atoms with van der Waals surface area (Å²) in [7, 11) is 1.61. The Bertz CT molecular complexity index is 1300. The highest BCUT2D eigenvalue weighted by molar-refractivity contribution is 5.86.